The van der Waals surface area contributed by atoms with Crippen LogP contribution in [0.25, 0.3) is 28.0 Å². The number of carbonyl (C=O) groups is 1. The minimum Gasteiger partial charge on any atom is -0.507 e. The Morgan fingerprint density at radius 2 is 1.80 bits per heavy atom. The summed E-state index contributed by atoms with van der Waals surface area (Å²) in [6.07, 6.45) is 3.37. The van der Waals surface area contributed by atoms with Gasteiger partial charge in [0.2, 0.25) is 5.91 Å². The summed E-state index contributed by atoms with van der Waals surface area (Å²) in [7, 11) is 0. The first kappa shape index (κ1) is 29.3. The Hall–Kier alpha value is -4.67. The van der Waals surface area contributed by atoms with Crippen molar-refractivity contribution >= 4 is 22.8 Å². The number of phenolic OH excluding ortho intramolecular Hbond substituents is 1. The maximum atomic E-state index is 15.6. The average Bonchev–Trinajstić information content (AvgIpc) is 2.98. The van der Waals surface area contributed by atoms with Gasteiger partial charge in [0, 0.05) is 32.4 Å². The molecule has 0 saturated carbocycles. The van der Waals surface area contributed by atoms with Crippen LogP contribution >= 0.6 is 0 Å². The zero-order valence-corrected chi connectivity index (χ0v) is 23.5. The van der Waals surface area contributed by atoms with E-state index in [4.69, 9.17) is 0 Å². The van der Waals surface area contributed by atoms with Crippen molar-refractivity contribution in [3.63, 3.8) is 0 Å². The van der Waals surface area contributed by atoms with Gasteiger partial charge in [0.15, 0.2) is 11.5 Å². The number of aryl methyl sites for hydroxylation is 2. The zero-order chi connectivity index (χ0) is 29.8. The monoisotopic (exact) mass is 562 g/mol. The average molecular weight is 563 g/mol. The Bertz CT molecular complexity index is 1660. The molecule has 1 aromatic carbocycles. The molecule has 0 radical (unpaired) electrons. The Morgan fingerprint density at radius 1 is 1.10 bits per heavy atom. The Morgan fingerprint density at radius 3 is 2.44 bits per heavy atom. The van der Waals surface area contributed by atoms with Gasteiger partial charge >= 0.3 is 5.69 Å². The van der Waals surface area contributed by atoms with Gasteiger partial charge in [-0.3, -0.25) is 9.78 Å². The molecule has 1 aliphatic rings. The van der Waals surface area contributed by atoms with E-state index in [1.165, 1.54) is 22.8 Å². The van der Waals surface area contributed by atoms with E-state index >= 15 is 4.39 Å². The first-order chi connectivity index (χ1) is 19.7. The number of benzene rings is 1. The summed E-state index contributed by atoms with van der Waals surface area (Å²) >= 11 is 0. The van der Waals surface area contributed by atoms with E-state index in [0.29, 0.717) is 44.0 Å². The van der Waals surface area contributed by atoms with Gasteiger partial charge in [-0.2, -0.15) is 4.98 Å². The standard InChI is InChI=1S/C28H26F2N6O3.C2H6/c1-4-20-25(16(3)9-10-31-20)36-27-17(15-19(30)24(32-27)23-18(29)7-6-8-21(23)37)26(33-28(36)39)35-13-11-34(12-14-35)22(38)5-2;1-2/h5-10,15,37H,2,4,11-14H2,1,3H3;1-2H3. The summed E-state index contributed by atoms with van der Waals surface area (Å²) in [5, 5.41) is 10.6. The van der Waals surface area contributed by atoms with Crippen LogP contribution in [0.3, 0.4) is 0 Å². The third-order valence-corrected chi connectivity index (χ3v) is 6.86. The van der Waals surface area contributed by atoms with Crippen LogP contribution in [0.15, 0.2) is 54.0 Å². The van der Waals surface area contributed by atoms with Crippen molar-refractivity contribution in [3.8, 4) is 22.7 Å². The Balaban J connectivity index is 0.00000189. The summed E-state index contributed by atoms with van der Waals surface area (Å²) in [6, 6.07) is 6.52. The van der Waals surface area contributed by atoms with Crippen molar-refractivity contribution in [1.29, 1.82) is 0 Å². The van der Waals surface area contributed by atoms with Crippen LogP contribution in [0, 0.1) is 18.6 Å². The van der Waals surface area contributed by atoms with Crippen LogP contribution in [0.2, 0.25) is 0 Å². The highest BCUT2D eigenvalue weighted by Crippen LogP contribution is 2.36. The van der Waals surface area contributed by atoms with E-state index in [9.17, 15) is 19.1 Å². The van der Waals surface area contributed by atoms with Crippen LogP contribution in [-0.4, -0.2) is 61.6 Å². The number of anilines is 1. The second-order valence-electron chi connectivity index (χ2n) is 9.17. The fourth-order valence-corrected chi connectivity index (χ4v) is 4.91. The molecule has 1 N–H and O–H groups in total. The number of phenols is 1. The molecule has 4 heterocycles. The highest BCUT2D eigenvalue weighted by atomic mass is 19.1. The summed E-state index contributed by atoms with van der Waals surface area (Å²) in [6.45, 7) is 12.6. The van der Waals surface area contributed by atoms with E-state index < -0.39 is 34.3 Å². The summed E-state index contributed by atoms with van der Waals surface area (Å²) in [5.41, 5.74) is 0.297. The number of rotatable bonds is 5. The SMILES string of the molecule is C=CC(=O)N1CCN(c2nc(=O)n(-c3c(C)ccnc3CC)c3nc(-c4c(O)cccc4F)c(F)cc23)CC1.CC. The first-order valence-electron chi connectivity index (χ1n) is 13.5. The van der Waals surface area contributed by atoms with Crippen LogP contribution < -0.4 is 10.6 Å². The van der Waals surface area contributed by atoms with E-state index in [-0.39, 0.29) is 22.8 Å². The molecular formula is C30H32F2N6O3. The van der Waals surface area contributed by atoms with Crippen molar-refractivity contribution < 1.29 is 18.7 Å². The maximum absolute atomic E-state index is 15.6. The number of hydrogen-bond acceptors (Lipinski definition) is 7. The molecule has 1 fully saturated rings. The number of carbonyl (C=O) groups excluding carboxylic acids is 1. The number of piperazine rings is 1. The molecule has 3 aromatic heterocycles. The molecular weight excluding hydrogens is 530 g/mol. The molecule has 0 unspecified atom stereocenters. The van der Waals surface area contributed by atoms with E-state index in [2.05, 4.69) is 21.5 Å². The van der Waals surface area contributed by atoms with Crippen molar-refractivity contribution in [3.05, 3.63) is 82.6 Å². The number of amides is 1. The lowest BCUT2D eigenvalue weighted by Crippen LogP contribution is -2.49. The highest BCUT2D eigenvalue weighted by molar-refractivity contribution is 5.91. The predicted molar refractivity (Wildman–Crippen MR) is 154 cm³/mol. The van der Waals surface area contributed by atoms with Crippen LogP contribution in [0.5, 0.6) is 5.75 Å². The molecule has 1 aliphatic heterocycles. The van der Waals surface area contributed by atoms with Crippen molar-refractivity contribution in [2.75, 3.05) is 31.1 Å². The van der Waals surface area contributed by atoms with Gasteiger partial charge in [0.25, 0.3) is 0 Å². The highest BCUT2D eigenvalue weighted by Gasteiger charge is 2.27. The number of pyridine rings is 2. The second kappa shape index (κ2) is 12.2. The fraction of sp³-hybridized carbons (Fsp3) is 0.300. The number of aromatic nitrogens is 4. The summed E-state index contributed by atoms with van der Waals surface area (Å²) in [4.78, 5) is 42.3. The minimum absolute atomic E-state index is 0.0412. The maximum Gasteiger partial charge on any atom is 0.355 e. The Labute approximate surface area is 236 Å². The molecule has 9 nitrogen and oxygen atoms in total. The topological polar surface area (TPSA) is 104 Å². The Kier molecular flexibility index (Phi) is 8.75. The number of aromatic hydroxyl groups is 1. The molecule has 41 heavy (non-hydrogen) atoms. The fourth-order valence-electron chi connectivity index (χ4n) is 4.91. The second-order valence-corrected chi connectivity index (χ2v) is 9.17. The van der Waals surface area contributed by atoms with Gasteiger partial charge in [-0.1, -0.05) is 33.4 Å². The molecule has 1 saturated heterocycles. The molecule has 214 valence electrons. The largest absolute Gasteiger partial charge is 0.507 e. The van der Waals surface area contributed by atoms with Crippen molar-refractivity contribution in [2.45, 2.75) is 34.1 Å². The van der Waals surface area contributed by atoms with Crippen molar-refractivity contribution in [1.82, 2.24) is 24.4 Å². The molecule has 0 aliphatic carbocycles. The number of nitrogens with zero attached hydrogens (tertiary/aromatic N) is 6. The van der Waals surface area contributed by atoms with Crippen LogP contribution in [-0.2, 0) is 11.2 Å². The zero-order valence-electron chi connectivity index (χ0n) is 23.5. The van der Waals surface area contributed by atoms with E-state index in [1.54, 1.807) is 22.1 Å². The summed E-state index contributed by atoms with van der Waals surface area (Å²) in [5.74, 6) is -2.25. The van der Waals surface area contributed by atoms with Crippen molar-refractivity contribution in [2.24, 2.45) is 0 Å². The number of fused-ring (bicyclic) bond motifs is 1. The lowest BCUT2D eigenvalue weighted by Gasteiger charge is -2.35. The van der Waals surface area contributed by atoms with E-state index in [0.717, 1.165) is 17.7 Å². The summed E-state index contributed by atoms with van der Waals surface area (Å²) < 4.78 is 31.7. The van der Waals surface area contributed by atoms with Gasteiger partial charge in [-0.05, 0) is 49.2 Å². The van der Waals surface area contributed by atoms with Gasteiger partial charge in [-0.25, -0.2) is 23.1 Å². The molecule has 0 atom stereocenters. The lowest BCUT2D eigenvalue weighted by molar-refractivity contribution is -0.126. The van der Waals surface area contributed by atoms with Gasteiger partial charge in [-0.15, -0.1) is 0 Å². The quantitative estimate of drug-likeness (QED) is 0.356. The van der Waals surface area contributed by atoms with Gasteiger partial charge in [0.05, 0.1) is 22.3 Å². The van der Waals surface area contributed by atoms with Gasteiger partial charge in [0.1, 0.15) is 23.1 Å². The normalized spacial score (nSPS) is 13.1. The number of halogens is 2. The molecule has 1 amide bonds. The smallest absolute Gasteiger partial charge is 0.355 e. The molecule has 0 bridgehead atoms. The molecule has 0 spiro atoms. The van der Waals surface area contributed by atoms with Gasteiger partial charge < -0.3 is 14.9 Å². The third-order valence-electron chi connectivity index (χ3n) is 6.86. The van der Waals surface area contributed by atoms with E-state index in [1.807, 2.05) is 27.7 Å². The number of hydrogen-bond donors (Lipinski definition) is 1. The first-order valence-corrected chi connectivity index (χ1v) is 13.5. The third kappa shape index (κ3) is 5.39. The molecule has 11 heteroatoms. The van der Waals surface area contributed by atoms with Crippen LogP contribution in [0.1, 0.15) is 32.0 Å². The molecule has 5 rings (SSSR count). The minimum atomic E-state index is -0.893. The molecule has 4 aromatic rings. The predicted octanol–water partition coefficient (Wildman–Crippen LogP) is 4.56. The van der Waals surface area contributed by atoms with Crippen LogP contribution in [0.4, 0.5) is 14.6 Å². The lowest BCUT2D eigenvalue weighted by atomic mass is 10.1.